The van der Waals surface area contributed by atoms with Crippen molar-refractivity contribution in [2.75, 3.05) is 14.2 Å². The molecule has 0 saturated carbocycles. The Kier molecular flexibility index (Phi) is 3.98. The van der Waals surface area contributed by atoms with Gasteiger partial charge in [-0.05, 0) is 6.92 Å². The fraction of sp³-hybridized carbons (Fsp3) is 0.250. The number of hydrogen-bond donors (Lipinski definition) is 1. The normalized spacial score (nSPS) is 9.59. The van der Waals surface area contributed by atoms with Gasteiger partial charge < -0.3 is 19.3 Å². The Balaban J connectivity index is 3.19. The lowest BCUT2D eigenvalue weighted by Gasteiger charge is -2.13. The van der Waals surface area contributed by atoms with E-state index in [2.05, 4.69) is 6.58 Å². The van der Waals surface area contributed by atoms with Crippen molar-refractivity contribution in [3.8, 4) is 23.0 Å². The van der Waals surface area contributed by atoms with E-state index in [9.17, 15) is 9.90 Å². The number of phenolic OH excluding ortho intramolecular Hbond substituents is 1. The smallest absolute Gasteiger partial charge is 0.338 e. The Morgan fingerprint density at radius 1 is 1.24 bits per heavy atom. The molecule has 0 heterocycles. The zero-order valence-corrected chi connectivity index (χ0v) is 9.94. The van der Waals surface area contributed by atoms with Crippen molar-refractivity contribution >= 4 is 5.97 Å². The summed E-state index contributed by atoms with van der Waals surface area (Å²) in [6.07, 6.45) is 0. The molecule has 5 heteroatoms. The molecule has 1 rings (SSSR count). The van der Waals surface area contributed by atoms with E-state index in [0.717, 1.165) is 0 Å². The molecule has 0 saturated heterocycles. The van der Waals surface area contributed by atoms with Crippen LogP contribution in [0.25, 0.3) is 0 Å². The number of benzene rings is 1. The first kappa shape index (κ1) is 12.9. The second-order valence-corrected chi connectivity index (χ2v) is 3.35. The largest absolute Gasteiger partial charge is 0.508 e. The molecule has 0 unspecified atom stereocenters. The van der Waals surface area contributed by atoms with Crippen molar-refractivity contribution in [3.63, 3.8) is 0 Å². The highest BCUT2D eigenvalue weighted by atomic mass is 16.6. The minimum Gasteiger partial charge on any atom is -0.508 e. The van der Waals surface area contributed by atoms with Crippen LogP contribution >= 0.6 is 0 Å². The van der Waals surface area contributed by atoms with Crippen molar-refractivity contribution < 1.29 is 24.1 Å². The lowest BCUT2D eigenvalue weighted by atomic mass is 10.2. The fourth-order valence-corrected chi connectivity index (χ4v) is 1.15. The maximum absolute atomic E-state index is 11.4. The van der Waals surface area contributed by atoms with E-state index in [1.54, 1.807) is 0 Å². The number of hydrogen-bond acceptors (Lipinski definition) is 5. The van der Waals surface area contributed by atoms with Crippen LogP contribution in [0.2, 0.25) is 0 Å². The number of carbonyl (C=O) groups is 1. The highest BCUT2D eigenvalue weighted by molar-refractivity contribution is 5.89. The Labute approximate surface area is 99.2 Å². The number of ether oxygens (including phenoxy) is 3. The molecule has 92 valence electrons. The standard InChI is InChI=1S/C12H14O5/c1-7(2)12(14)17-11-9(15-3)5-8(13)6-10(11)16-4/h5-6,13H,1H2,2-4H3. The van der Waals surface area contributed by atoms with E-state index >= 15 is 0 Å². The van der Waals surface area contributed by atoms with Crippen molar-refractivity contribution in [2.45, 2.75) is 6.92 Å². The van der Waals surface area contributed by atoms with Crippen LogP contribution in [0.3, 0.4) is 0 Å². The van der Waals surface area contributed by atoms with Crippen LogP contribution in [-0.2, 0) is 4.79 Å². The first-order valence-electron chi connectivity index (χ1n) is 4.82. The van der Waals surface area contributed by atoms with Crippen molar-refractivity contribution in [2.24, 2.45) is 0 Å². The number of methoxy groups -OCH3 is 2. The monoisotopic (exact) mass is 238 g/mol. The summed E-state index contributed by atoms with van der Waals surface area (Å²) in [5.41, 5.74) is 0.252. The molecule has 1 N–H and O–H groups in total. The average molecular weight is 238 g/mol. The second-order valence-electron chi connectivity index (χ2n) is 3.35. The van der Waals surface area contributed by atoms with E-state index in [1.807, 2.05) is 0 Å². The second kappa shape index (κ2) is 5.25. The molecular weight excluding hydrogens is 224 g/mol. The van der Waals surface area contributed by atoms with Crippen LogP contribution < -0.4 is 14.2 Å². The van der Waals surface area contributed by atoms with Crippen molar-refractivity contribution in [1.82, 2.24) is 0 Å². The summed E-state index contributed by atoms with van der Waals surface area (Å²) < 4.78 is 15.1. The van der Waals surface area contributed by atoms with E-state index in [4.69, 9.17) is 14.2 Å². The molecule has 1 aromatic rings. The Morgan fingerprint density at radius 3 is 2.06 bits per heavy atom. The Bertz CT molecular complexity index is 425. The summed E-state index contributed by atoms with van der Waals surface area (Å²) in [7, 11) is 2.79. The predicted molar refractivity (Wildman–Crippen MR) is 61.7 cm³/mol. The summed E-state index contributed by atoms with van der Waals surface area (Å²) in [4.78, 5) is 11.4. The molecule has 0 bridgehead atoms. The van der Waals surface area contributed by atoms with Gasteiger partial charge in [-0.2, -0.15) is 0 Å². The Morgan fingerprint density at radius 2 is 1.71 bits per heavy atom. The number of phenols is 1. The van der Waals surface area contributed by atoms with Crippen molar-refractivity contribution in [3.05, 3.63) is 24.3 Å². The molecule has 0 radical (unpaired) electrons. The van der Waals surface area contributed by atoms with Gasteiger partial charge >= 0.3 is 5.97 Å². The van der Waals surface area contributed by atoms with Crippen LogP contribution in [-0.4, -0.2) is 25.3 Å². The van der Waals surface area contributed by atoms with Gasteiger partial charge in [0.15, 0.2) is 11.5 Å². The fourth-order valence-electron chi connectivity index (χ4n) is 1.15. The van der Waals surface area contributed by atoms with Gasteiger partial charge in [-0.1, -0.05) is 6.58 Å². The summed E-state index contributed by atoms with van der Waals surface area (Å²) in [5, 5.41) is 9.41. The third-order valence-electron chi connectivity index (χ3n) is 1.99. The number of rotatable bonds is 4. The van der Waals surface area contributed by atoms with E-state index < -0.39 is 5.97 Å². The Hall–Kier alpha value is -2.17. The van der Waals surface area contributed by atoms with E-state index in [-0.39, 0.29) is 28.6 Å². The number of carbonyl (C=O) groups excluding carboxylic acids is 1. The third-order valence-corrected chi connectivity index (χ3v) is 1.99. The molecule has 0 amide bonds. The summed E-state index contributed by atoms with van der Waals surface area (Å²) in [6, 6.07) is 2.65. The molecule has 5 nitrogen and oxygen atoms in total. The minimum atomic E-state index is -0.590. The predicted octanol–water partition coefficient (Wildman–Crippen LogP) is 1.89. The maximum atomic E-state index is 11.4. The molecule has 1 aromatic carbocycles. The molecule has 0 aliphatic carbocycles. The van der Waals surface area contributed by atoms with Gasteiger partial charge in [0.25, 0.3) is 0 Å². The topological polar surface area (TPSA) is 65.0 Å². The lowest BCUT2D eigenvalue weighted by Crippen LogP contribution is -2.10. The average Bonchev–Trinajstić information content (AvgIpc) is 2.30. The van der Waals surface area contributed by atoms with Gasteiger partial charge in [-0.15, -0.1) is 0 Å². The minimum absolute atomic E-state index is 0.0474. The molecule has 17 heavy (non-hydrogen) atoms. The first-order valence-corrected chi connectivity index (χ1v) is 4.82. The van der Waals surface area contributed by atoms with Crippen molar-refractivity contribution in [1.29, 1.82) is 0 Å². The van der Waals surface area contributed by atoms with Crippen LogP contribution in [0.1, 0.15) is 6.92 Å². The molecule has 0 aliphatic heterocycles. The highest BCUT2D eigenvalue weighted by Gasteiger charge is 2.17. The van der Waals surface area contributed by atoms with Crippen LogP contribution in [0, 0.1) is 0 Å². The zero-order chi connectivity index (χ0) is 13.0. The number of aromatic hydroxyl groups is 1. The third kappa shape index (κ3) is 2.90. The lowest BCUT2D eigenvalue weighted by molar-refractivity contribution is -0.130. The quantitative estimate of drug-likeness (QED) is 0.493. The molecule has 0 spiro atoms. The maximum Gasteiger partial charge on any atom is 0.338 e. The van der Waals surface area contributed by atoms with Gasteiger partial charge in [0, 0.05) is 17.7 Å². The summed E-state index contributed by atoms with van der Waals surface area (Å²) in [6.45, 7) is 5.00. The zero-order valence-electron chi connectivity index (χ0n) is 9.94. The highest BCUT2D eigenvalue weighted by Crippen LogP contribution is 2.40. The van der Waals surface area contributed by atoms with E-state index in [0.29, 0.717) is 0 Å². The molecule has 0 aliphatic rings. The van der Waals surface area contributed by atoms with Gasteiger partial charge in [0.1, 0.15) is 5.75 Å². The van der Waals surface area contributed by atoms with Gasteiger partial charge in [-0.25, -0.2) is 4.79 Å². The number of esters is 1. The van der Waals surface area contributed by atoms with Crippen LogP contribution in [0.5, 0.6) is 23.0 Å². The molecule has 0 atom stereocenters. The molecule has 0 fully saturated rings. The van der Waals surface area contributed by atoms with E-state index in [1.165, 1.54) is 33.3 Å². The van der Waals surface area contributed by atoms with Crippen LogP contribution in [0.15, 0.2) is 24.3 Å². The van der Waals surface area contributed by atoms with Crippen LogP contribution in [0.4, 0.5) is 0 Å². The molecule has 0 aromatic heterocycles. The first-order chi connectivity index (χ1) is 7.99. The summed E-state index contributed by atoms with van der Waals surface area (Å²) in [5.74, 6) is -0.116. The van der Waals surface area contributed by atoms with Gasteiger partial charge in [0.2, 0.25) is 5.75 Å². The van der Waals surface area contributed by atoms with Gasteiger partial charge in [0.05, 0.1) is 14.2 Å². The SMILES string of the molecule is C=C(C)C(=O)Oc1c(OC)cc(O)cc1OC. The summed E-state index contributed by atoms with van der Waals surface area (Å²) >= 11 is 0. The van der Waals surface area contributed by atoms with Gasteiger partial charge in [-0.3, -0.25) is 0 Å². The molecular formula is C12H14O5.